The molecule has 138 valence electrons. The van der Waals surface area contributed by atoms with Gasteiger partial charge >= 0.3 is 5.97 Å². The molecule has 1 atom stereocenters. The Hall–Kier alpha value is -3.19. The lowest BCUT2D eigenvalue weighted by atomic mass is 10.1. The quantitative estimate of drug-likeness (QED) is 0.630. The van der Waals surface area contributed by atoms with Crippen molar-refractivity contribution in [3.05, 3.63) is 60.5 Å². The molecule has 0 aliphatic carbocycles. The van der Waals surface area contributed by atoms with Crippen LogP contribution in [0.5, 0.6) is 0 Å². The highest BCUT2D eigenvalue weighted by Gasteiger charge is 2.18. The van der Waals surface area contributed by atoms with Crippen LogP contribution < -0.4 is 5.14 Å². The molecule has 8 heteroatoms. The molecule has 27 heavy (non-hydrogen) atoms. The standard InChI is InChI=1S/C19H16N2O5S/c20-27(25,12-22)15-8-6-14(7-9-15)19-18(13-4-2-1-3-5-13)21-16(26-19)10-11-17(23)24/h1-9H,10-11H2,(H2,20,25)(H,23,24). The highest BCUT2D eigenvalue weighted by molar-refractivity contribution is 7.98. The Morgan fingerprint density at radius 1 is 1.11 bits per heavy atom. The Bertz CT molecular complexity index is 1110. The minimum absolute atomic E-state index is 0.0997. The first-order valence-electron chi connectivity index (χ1n) is 7.99. The summed E-state index contributed by atoms with van der Waals surface area (Å²) in [7, 11) is -3.34. The van der Waals surface area contributed by atoms with Gasteiger partial charge in [-0.25, -0.2) is 19.1 Å². The summed E-state index contributed by atoms with van der Waals surface area (Å²) in [4.78, 5) is 26.2. The number of carbonyl (C=O) groups excluding carboxylic acids is 1. The van der Waals surface area contributed by atoms with Crippen LogP contribution in [0.4, 0.5) is 0 Å². The average molecular weight is 384 g/mol. The van der Waals surface area contributed by atoms with Gasteiger partial charge in [0, 0.05) is 17.5 Å². The number of rotatable bonds is 6. The van der Waals surface area contributed by atoms with Crippen LogP contribution in [-0.4, -0.2) is 25.5 Å². The van der Waals surface area contributed by atoms with Gasteiger partial charge in [-0.3, -0.25) is 4.79 Å². The Balaban J connectivity index is 2.06. The first-order chi connectivity index (χ1) is 12.9. The molecule has 0 radical (unpaired) electrons. The van der Waals surface area contributed by atoms with Crippen LogP contribution in [0.25, 0.3) is 22.6 Å². The van der Waals surface area contributed by atoms with E-state index in [2.05, 4.69) is 4.98 Å². The Kier molecular flexibility index (Phi) is 5.23. The minimum Gasteiger partial charge on any atom is -0.481 e. The topological polar surface area (TPSA) is 123 Å². The third-order valence-electron chi connectivity index (χ3n) is 3.86. The van der Waals surface area contributed by atoms with Crippen molar-refractivity contribution in [3.63, 3.8) is 0 Å². The lowest BCUT2D eigenvalue weighted by molar-refractivity contribution is -0.137. The fourth-order valence-corrected chi connectivity index (χ4v) is 3.17. The number of oxazole rings is 1. The summed E-state index contributed by atoms with van der Waals surface area (Å²) < 4.78 is 17.7. The van der Waals surface area contributed by atoms with Crippen molar-refractivity contribution in [1.29, 1.82) is 0 Å². The molecular weight excluding hydrogens is 368 g/mol. The summed E-state index contributed by atoms with van der Waals surface area (Å²) in [6.07, 6.45) is 0.0570. The van der Waals surface area contributed by atoms with Crippen molar-refractivity contribution in [2.75, 3.05) is 0 Å². The molecule has 0 aliphatic rings. The SMILES string of the molecule is NS(=O)(=C=O)c1ccc(-c2oc(CCC(=O)O)nc2-c2ccccc2)cc1. The summed E-state index contributed by atoms with van der Waals surface area (Å²) >= 11 is 0. The second-order valence-corrected chi connectivity index (χ2v) is 7.59. The summed E-state index contributed by atoms with van der Waals surface area (Å²) in [6.45, 7) is 0. The van der Waals surface area contributed by atoms with Crippen molar-refractivity contribution >= 4 is 20.9 Å². The van der Waals surface area contributed by atoms with Crippen molar-refractivity contribution in [3.8, 4) is 22.6 Å². The number of aromatic nitrogens is 1. The van der Waals surface area contributed by atoms with Crippen molar-refractivity contribution in [1.82, 2.24) is 4.98 Å². The Morgan fingerprint density at radius 3 is 2.37 bits per heavy atom. The first kappa shape index (κ1) is 18.6. The number of aryl methyl sites for hydroxylation is 1. The number of carboxylic acids is 1. The van der Waals surface area contributed by atoms with Gasteiger partial charge in [0.2, 0.25) is 5.23 Å². The number of nitrogens with zero attached hydrogens (tertiary/aromatic N) is 1. The van der Waals surface area contributed by atoms with E-state index in [0.717, 1.165) is 5.56 Å². The maximum Gasteiger partial charge on any atom is 0.303 e. The van der Waals surface area contributed by atoms with Gasteiger partial charge in [-0.2, -0.15) is 0 Å². The molecule has 0 aliphatic heterocycles. The van der Waals surface area contributed by atoms with Gasteiger partial charge in [0.25, 0.3) is 0 Å². The number of carboxylic acid groups (broad SMARTS) is 1. The molecule has 3 aromatic rings. The largest absolute Gasteiger partial charge is 0.481 e. The molecular formula is C19H16N2O5S. The van der Waals surface area contributed by atoms with Gasteiger partial charge in [0.05, 0.1) is 11.3 Å². The maximum atomic E-state index is 11.9. The molecule has 7 nitrogen and oxygen atoms in total. The average Bonchev–Trinajstić information content (AvgIpc) is 3.11. The highest BCUT2D eigenvalue weighted by atomic mass is 32.2. The third kappa shape index (κ3) is 4.15. The van der Waals surface area contributed by atoms with Crippen molar-refractivity contribution in [2.45, 2.75) is 17.7 Å². The van der Waals surface area contributed by atoms with Crippen LogP contribution in [0.3, 0.4) is 0 Å². The van der Waals surface area contributed by atoms with Crippen LogP contribution in [0.1, 0.15) is 12.3 Å². The number of carbonyl (C=O) groups is 1. The van der Waals surface area contributed by atoms with Gasteiger partial charge in [-0.1, -0.05) is 30.3 Å². The second kappa shape index (κ2) is 7.59. The molecule has 1 heterocycles. The van der Waals surface area contributed by atoms with Gasteiger partial charge in [-0.15, -0.1) is 0 Å². The highest BCUT2D eigenvalue weighted by Crippen LogP contribution is 2.33. The molecule has 0 saturated heterocycles. The molecule has 3 N–H and O–H groups in total. The zero-order valence-electron chi connectivity index (χ0n) is 14.1. The van der Waals surface area contributed by atoms with E-state index in [1.807, 2.05) is 30.3 Å². The van der Waals surface area contributed by atoms with E-state index in [-0.39, 0.29) is 17.7 Å². The summed E-state index contributed by atoms with van der Waals surface area (Å²) in [6, 6.07) is 15.5. The van der Waals surface area contributed by atoms with E-state index in [1.54, 1.807) is 12.1 Å². The fourth-order valence-electron chi connectivity index (χ4n) is 2.53. The number of benzene rings is 2. The third-order valence-corrected chi connectivity index (χ3v) is 5.08. The number of hydrogen-bond donors (Lipinski definition) is 2. The zero-order chi connectivity index (χ0) is 19.4. The van der Waals surface area contributed by atoms with E-state index < -0.39 is 15.7 Å². The fraction of sp³-hybridized carbons (Fsp3) is 0.105. The van der Waals surface area contributed by atoms with Crippen LogP contribution in [0, 0.1) is 0 Å². The summed E-state index contributed by atoms with van der Waals surface area (Å²) in [5, 5.41) is 15.7. The van der Waals surface area contributed by atoms with E-state index in [0.29, 0.717) is 22.9 Å². The normalized spacial score (nSPS) is 12.9. The summed E-state index contributed by atoms with van der Waals surface area (Å²) in [5.74, 6) is -0.186. The van der Waals surface area contributed by atoms with E-state index in [1.165, 1.54) is 17.4 Å². The lowest BCUT2D eigenvalue weighted by Gasteiger charge is -2.04. The first-order valence-corrected chi connectivity index (χ1v) is 9.61. The van der Waals surface area contributed by atoms with Gasteiger partial charge in [0.1, 0.15) is 15.4 Å². The van der Waals surface area contributed by atoms with E-state index in [4.69, 9.17) is 14.7 Å². The molecule has 3 rings (SSSR count). The van der Waals surface area contributed by atoms with E-state index in [9.17, 15) is 13.8 Å². The van der Waals surface area contributed by atoms with Gasteiger partial charge < -0.3 is 9.52 Å². The van der Waals surface area contributed by atoms with Crippen molar-refractivity contribution < 1.29 is 23.3 Å². The predicted molar refractivity (Wildman–Crippen MR) is 99.6 cm³/mol. The van der Waals surface area contributed by atoms with Crippen LogP contribution >= 0.6 is 0 Å². The molecule has 0 amide bonds. The smallest absolute Gasteiger partial charge is 0.303 e. The van der Waals surface area contributed by atoms with Gasteiger partial charge in [0.15, 0.2) is 11.7 Å². The summed E-state index contributed by atoms with van der Waals surface area (Å²) in [5.41, 5.74) is 2.01. The molecule has 0 fully saturated rings. The lowest BCUT2D eigenvalue weighted by Crippen LogP contribution is -2.12. The Labute approximate surface area is 155 Å². The second-order valence-electron chi connectivity index (χ2n) is 5.75. The molecule has 0 saturated carbocycles. The molecule has 1 aromatic heterocycles. The number of nitrogens with two attached hydrogens (primary N) is 1. The van der Waals surface area contributed by atoms with Gasteiger partial charge in [-0.05, 0) is 24.3 Å². The van der Waals surface area contributed by atoms with Crippen LogP contribution in [0.2, 0.25) is 0 Å². The molecule has 1 unspecified atom stereocenters. The zero-order valence-corrected chi connectivity index (χ0v) is 14.9. The number of aliphatic carboxylic acids is 1. The van der Waals surface area contributed by atoms with Crippen molar-refractivity contribution in [2.24, 2.45) is 5.14 Å². The van der Waals surface area contributed by atoms with Crippen LogP contribution in [-0.2, 0) is 25.7 Å². The van der Waals surface area contributed by atoms with Crippen LogP contribution in [0.15, 0.2) is 63.9 Å². The molecule has 0 spiro atoms. The monoisotopic (exact) mass is 384 g/mol. The molecule has 0 bridgehead atoms. The Morgan fingerprint density at radius 2 is 1.78 bits per heavy atom. The minimum atomic E-state index is -3.34. The molecule has 2 aromatic carbocycles. The predicted octanol–water partition coefficient (Wildman–Crippen LogP) is 2.61. The maximum absolute atomic E-state index is 11.9. The number of hydrogen-bond acceptors (Lipinski definition) is 5. The van der Waals surface area contributed by atoms with E-state index >= 15 is 0 Å².